The molecule has 0 saturated carbocycles. The highest BCUT2D eigenvalue weighted by Gasteiger charge is 2.30. The standard InChI is InChI=1S/C16H23ClN2OS/c1-4-6-18-15-11-7-12(17)14(21-9-10(3)5-2)8-13(11)19-16(15)20/h7-8,10,15,18H,4-6,9H2,1-3H3,(H,19,20). The molecule has 2 N–H and O–H groups in total. The molecule has 1 aliphatic heterocycles. The summed E-state index contributed by atoms with van der Waals surface area (Å²) >= 11 is 8.16. The lowest BCUT2D eigenvalue weighted by Crippen LogP contribution is -2.27. The van der Waals surface area contributed by atoms with Crippen LogP contribution in [-0.4, -0.2) is 18.2 Å². The molecule has 0 radical (unpaired) electrons. The summed E-state index contributed by atoms with van der Waals surface area (Å²) < 4.78 is 0. The lowest BCUT2D eigenvalue weighted by Gasteiger charge is -2.13. The average Bonchev–Trinajstić information content (AvgIpc) is 2.77. The molecule has 21 heavy (non-hydrogen) atoms. The van der Waals surface area contributed by atoms with Gasteiger partial charge in [-0.15, -0.1) is 11.8 Å². The molecular weight excluding hydrogens is 304 g/mol. The van der Waals surface area contributed by atoms with Gasteiger partial charge in [0.15, 0.2) is 0 Å². The molecule has 0 spiro atoms. The smallest absolute Gasteiger partial charge is 0.246 e. The molecular formula is C16H23ClN2OS. The van der Waals surface area contributed by atoms with Crippen LogP contribution in [0.4, 0.5) is 5.69 Å². The number of thioether (sulfide) groups is 1. The van der Waals surface area contributed by atoms with Crippen LogP contribution in [0.2, 0.25) is 5.02 Å². The van der Waals surface area contributed by atoms with E-state index in [0.29, 0.717) is 5.92 Å². The van der Waals surface area contributed by atoms with Crippen molar-refractivity contribution >= 4 is 35.0 Å². The first-order valence-corrected chi connectivity index (χ1v) is 8.93. The molecule has 1 aromatic carbocycles. The molecule has 0 fully saturated rings. The molecule has 2 atom stereocenters. The molecule has 2 unspecified atom stereocenters. The minimum atomic E-state index is -0.272. The highest BCUT2D eigenvalue weighted by atomic mass is 35.5. The predicted octanol–water partition coefficient (Wildman–Crippen LogP) is 4.47. The normalized spacial score (nSPS) is 18.5. The second-order valence-corrected chi connectivity index (χ2v) is 7.04. The summed E-state index contributed by atoms with van der Waals surface area (Å²) in [5.74, 6) is 1.71. The van der Waals surface area contributed by atoms with Gasteiger partial charge in [-0.05, 0) is 31.0 Å². The Hall–Kier alpha value is -0.710. The van der Waals surface area contributed by atoms with Crippen LogP contribution in [0.1, 0.15) is 45.2 Å². The molecule has 0 aromatic heterocycles. The summed E-state index contributed by atoms with van der Waals surface area (Å²) in [4.78, 5) is 13.1. The molecule has 3 nitrogen and oxygen atoms in total. The zero-order chi connectivity index (χ0) is 15.4. The Morgan fingerprint density at radius 3 is 2.86 bits per heavy atom. The molecule has 1 aromatic rings. The van der Waals surface area contributed by atoms with Crippen molar-refractivity contribution in [3.05, 3.63) is 22.7 Å². The molecule has 2 rings (SSSR count). The molecule has 1 aliphatic rings. The number of benzene rings is 1. The molecule has 0 aliphatic carbocycles. The van der Waals surface area contributed by atoms with Crippen LogP contribution in [-0.2, 0) is 4.79 Å². The van der Waals surface area contributed by atoms with Crippen molar-refractivity contribution in [3.8, 4) is 0 Å². The van der Waals surface area contributed by atoms with Gasteiger partial charge >= 0.3 is 0 Å². The third kappa shape index (κ3) is 3.93. The summed E-state index contributed by atoms with van der Waals surface area (Å²) in [5.41, 5.74) is 1.86. The second kappa shape index (κ2) is 7.52. The fourth-order valence-electron chi connectivity index (χ4n) is 2.21. The number of carbonyl (C=O) groups excluding carboxylic acids is 1. The molecule has 5 heteroatoms. The Bertz CT molecular complexity index is 521. The Kier molecular flexibility index (Phi) is 5.97. The number of hydrogen-bond acceptors (Lipinski definition) is 3. The highest BCUT2D eigenvalue weighted by Crippen LogP contribution is 2.39. The van der Waals surface area contributed by atoms with Crippen molar-refractivity contribution in [2.24, 2.45) is 5.92 Å². The fraction of sp³-hybridized carbons (Fsp3) is 0.562. The summed E-state index contributed by atoms with van der Waals surface area (Å²) in [6, 6.07) is 3.67. The maximum absolute atomic E-state index is 12.0. The van der Waals surface area contributed by atoms with Crippen molar-refractivity contribution in [1.82, 2.24) is 5.32 Å². The molecule has 1 heterocycles. The van der Waals surface area contributed by atoms with Crippen LogP contribution < -0.4 is 10.6 Å². The SMILES string of the molecule is CCCNC1C(=O)Nc2cc(SCC(C)CC)c(Cl)cc21. The van der Waals surface area contributed by atoms with E-state index < -0.39 is 0 Å². The average molecular weight is 327 g/mol. The van der Waals surface area contributed by atoms with Crippen molar-refractivity contribution in [2.75, 3.05) is 17.6 Å². The van der Waals surface area contributed by atoms with Crippen LogP contribution in [0.3, 0.4) is 0 Å². The largest absolute Gasteiger partial charge is 0.324 e. The van der Waals surface area contributed by atoms with Crippen molar-refractivity contribution in [1.29, 1.82) is 0 Å². The lowest BCUT2D eigenvalue weighted by molar-refractivity contribution is -0.117. The number of nitrogens with one attached hydrogen (secondary N) is 2. The third-order valence-corrected chi connectivity index (χ3v) is 5.56. The Balaban J connectivity index is 2.16. The zero-order valence-electron chi connectivity index (χ0n) is 12.8. The highest BCUT2D eigenvalue weighted by molar-refractivity contribution is 7.99. The summed E-state index contributed by atoms with van der Waals surface area (Å²) in [6.45, 7) is 7.34. The topological polar surface area (TPSA) is 41.1 Å². The maximum Gasteiger partial charge on any atom is 0.246 e. The van der Waals surface area contributed by atoms with Gasteiger partial charge in [0.2, 0.25) is 5.91 Å². The first kappa shape index (κ1) is 16.7. The first-order chi connectivity index (χ1) is 10.1. The van der Waals surface area contributed by atoms with Crippen LogP contribution in [0, 0.1) is 5.92 Å². The van der Waals surface area contributed by atoms with Gasteiger partial charge in [-0.3, -0.25) is 4.79 Å². The van der Waals surface area contributed by atoms with Gasteiger partial charge in [0.05, 0.1) is 5.02 Å². The fourth-order valence-corrected chi connectivity index (χ4v) is 3.65. The number of carbonyl (C=O) groups is 1. The zero-order valence-corrected chi connectivity index (χ0v) is 14.4. The van der Waals surface area contributed by atoms with E-state index in [4.69, 9.17) is 11.6 Å². The lowest BCUT2D eigenvalue weighted by atomic mass is 10.1. The van der Waals surface area contributed by atoms with Gasteiger partial charge in [0.1, 0.15) is 6.04 Å². The summed E-state index contributed by atoms with van der Waals surface area (Å²) in [7, 11) is 0. The Morgan fingerprint density at radius 2 is 2.19 bits per heavy atom. The number of fused-ring (bicyclic) bond motifs is 1. The monoisotopic (exact) mass is 326 g/mol. The van der Waals surface area contributed by atoms with E-state index in [1.165, 1.54) is 0 Å². The third-order valence-electron chi connectivity index (χ3n) is 3.75. The molecule has 0 bridgehead atoms. The van der Waals surface area contributed by atoms with Crippen LogP contribution >= 0.6 is 23.4 Å². The predicted molar refractivity (Wildman–Crippen MR) is 91.3 cm³/mol. The van der Waals surface area contributed by atoms with Crippen LogP contribution in [0.5, 0.6) is 0 Å². The number of halogens is 1. The summed E-state index contributed by atoms with van der Waals surface area (Å²) in [6.07, 6.45) is 2.16. The Morgan fingerprint density at radius 1 is 1.43 bits per heavy atom. The first-order valence-electron chi connectivity index (χ1n) is 7.57. The molecule has 1 amide bonds. The quantitative estimate of drug-likeness (QED) is 0.726. The van der Waals surface area contributed by atoms with Crippen molar-refractivity contribution in [3.63, 3.8) is 0 Å². The van der Waals surface area contributed by atoms with Gasteiger partial charge in [0, 0.05) is 21.9 Å². The van der Waals surface area contributed by atoms with E-state index in [9.17, 15) is 4.79 Å². The van der Waals surface area contributed by atoms with Crippen molar-refractivity contribution in [2.45, 2.75) is 44.6 Å². The number of rotatable bonds is 7. The Labute approximate surface area is 136 Å². The minimum absolute atomic E-state index is 0.0126. The van der Waals surface area contributed by atoms with E-state index in [2.05, 4.69) is 31.4 Å². The van der Waals surface area contributed by atoms with E-state index in [0.717, 1.165) is 46.3 Å². The van der Waals surface area contributed by atoms with E-state index in [1.54, 1.807) is 11.8 Å². The number of hydrogen-bond donors (Lipinski definition) is 2. The van der Waals surface area contributed by atoms with E-state index in [1.807, 2.05) is 12.1 Å². The van der Waals surface area contributed by atoms with Gasteiger partial charge < -0.3 is 10.6 Å². The number of amides is 1. The van der Waals surface area contributed by atoms with Crippen molar-refractivity contribution < 1.29 is 4.79 Å². The minimum Gasteiger partial charge on any atom is -0.324 e. The van der Waals surface area contributed by atoms with Gasteiger partial charge in [-0.25, -0.2) is 0 Å². The second-order valence-electron chi connectivity index (χ2n) is 5.57. The molecule has 0 saturated heterocycles. The van der Waals surface area contributed by atoms with Gasteiger partial charge in [0.25, 0.3) is 0 Å². The summed E-state index contributed by atoms with van der Waals surface area (Å²) in [5, 5.41) is 6.96. The maximum atomic E-state index is 12.0. The molecule has 116 valence electrons. The van der Waals surface area contributed by atoms with Crippen LogP contribution in [0.15, 0.2) is 17.0 Å². The van der Waals surface area contributed by atoms with E-state index >= 15 is 0 Å². The van der Waals surface area contributed by atoms with Gasteiger partial charge in [-0.2, -0.15) is 0 Å². The number of anilines is 1. The van der Waals surface area contributed by atoms with Gasteiger partial charge in [-0.1, -0.05) is 38.8 Å². The van der Waals surface area contributed by atoms with Crippen LogP contribution in [0.25, 0.3) is 0 Å². The van der Waals surface area contributed by atoms with E-state index in [-0.39, 0.29) is 11.9 Å².